The number of methoxy groups -OCH3 is 1. The van der Waals surface area contributed by atoms with Gasteiger partial charge in [-0.1, -0.05) is 6.42 Å². The molecule has 12 heteroatoms. The van der Waals surface area contributed by atoms with Crippen LogP contribution in [0.25, 0.3) is 33.6 Å². The van der Waals surface area contributed by atoms with E-state index < -0.39 is 12.2 Å². The monoisotopic (exact) mass is 638 g/mol. The molecule has 7 rings (SSSR count). The molecule has 244 valence electrons. The molecular weight excluding hydrogens is 599 g/mol. The van der Waals surface area contributed by atoms with Crippen molar-refractivity contribution >= 4 is 33.9 Å². The number of nitrogens with zero attached hydrogens (tertiary/aromatic N) is 5. The highest BCUT2D eigenvalue weighted by Gasteiger charge is 2.28. The number of hydrogen-bond donors (Lipinski definition) is 3. The van der Waals surface area contributed by atoms with Gasteiger partial charge in [0.2, 0.25) is 0 Å². The third-order valence-corrected chi connectivity index (χ3v) is 9.39. The van der Waals surface area contributed by atoms with Gasteiger partial charge in [0.1, 0.15) is 23.1 Å². The summed E-state index contributed by atoms with van der Waals surface area (Å²) in [5.41, 5.74) is 5.78. The predicted octanol–water partition coefficient (Wildman–Crippen LogP) is 4.64. The summed E-state index contributed by atoms with van der Waals surface area (Å²) >= 11 is 0. The maximum absolute atomic E-state index is 14.5. The molecule has 11 nitrogen and oxygen atoms in total. The molecule has 1 fully saturated rings. The SMILES string of the molecule is COc1cc(C(=O)N[C@H]2CNCC[C@@H]2F)cc2nc(-c3cc4ccc5nc4n3CCCCCc3cnccc3C(=O)N[C@@H]5C)n(C)c12. The van der Waals surface area contributed by atoms with Crippen LogP contribution < -0.4 is 20.7 Å². The molecule has 3 atom stereocenters. The maximum atomic E-state index is 14.5. The van der Waals surface area contributed by atoms with E-state index in [9.17, 15) is 14.0 Å². The van der Waals surface area contributed by atoms with Crippen molar-refractivity contribution in [2.45, 2.75) is 63.8 Å². The molecule has 3 N–H and O–H groups in total. The van der Waals surface area contributed by atoms with Crippen molar-refractivity contribution in [3.8, 4) is 17.3 Å². The number of halogens is 1. The molecule has 5 aromatic rings. The molecule has 0 radical (unpaired) electrons. The molecule has 0 spiro atoms. The third kappa shape index (κ3) is 5.82. The van der Waals surface area contributed by atoms with Gasteiger partial charge in [-0.3, -0.25) is 14.6 Å². The Morgan fingerprint density at radius 2 is 2.00 bits per heavy atom. The van der Waals surface area contributed by atoms with Crippen molar-refractivity contribution in [3.05, 3.63) is 71.2 Å². The summed E-state index contributed by atoms with van der Waals surface area (Å²) in [6.45, 7) is 3.65. The van der Waals surface area contributed by atoms with E-state index in [-0.39, 0.29) is 17.9 Å². The van der Waals surface area contributed by atoms with E-state index in [1.807, 2.05) is 30.7 Å². The van der Waals surface area contributed by atoms with Crippen LogP contribution in [-0.4, -0.2) is 68.3 Å². The quantitative estimate of drug-likeness (QED) is 0.262. The van der Waals surface area contributed by atoms with E-state index in [0.717, 1.165) is 65.7 Å². The van der Waals surface area contributed by atoms with Crippen LogP contribution in [0.4, 0.5) is 4.39 Å². The van der Waals surface area contributed by atoms with Crippen LogP contribution in [0.2, 0.25) is 0 Å². The van der Waals surface area contributed by atoms with Gasteiger partial charge in [-0.05, 0) is 81.1 Å². The molecular formula is C35H39FN8O3. The van der Waals surface area contributed by atoms with Crippen molar-refractivity contribution in [3.63, 3.8) is 0 Å². The third-order valence-electron chi connectivity index (χ3n) is 9.39. The van der Waals surface area contributed by atoms with Gasteiger partial charge in [-0.2, -0.15) is 0 Å². The first-order valence-corrected chi connectivity index (χ1v) is 16.3. The Balaban J connectivity index is 1.27. The lowest BCUT2D eigenvalue weighted by molar-refractivity contribution is 0.0891. The van der Waals surface area contributed by atoms with Gasteiger partial charge >= 0.3 is 0 Å². The standard InChI is InChI=1S/C35H39FN8O3/c1-20-26-9-8-21-16-29(44(32(21)40-26)14-6-4-5-7-22-18-37-12-10-24(22)35(46)39-20)33-41-27-15-23(17-30(47-3)31(27)43(33)2)34(45)42-28-19-38-13-11-25(28)36/h8-10,12,15-18,20,25,28,38H,4-7,11,13-14,19H2,1-3H3,(H,39,46)(H,42,45)/t20-,25+,28+/m1/s1. The van der Waals surface area contributed by atoms with E-state index in [1.54, 1.807) is 37.7 Å². The number of rotatable bonds is 4. The number of alkyl halides is 1. The van der Waals surface area contributed by atoms with Gasteiger partial charge < -0.3 is 29.8 Å². The van der Waals surface area contributed by atoms with Crippen molar-refractivity contribution in [1.29, 1.82) is 0 Å². The van der Waals surface area contributed by atoms with Gasteiger partial charge in [-0.15, -0.1) is 0 Å². The molecule has 2 amide bonds. The molecule has 2 aliphatic heterocycles. The first kappa shape index (κ1) is 30.8. The highest BCUT2D eigenvalue weighted by Crippen LogP contribution is 2.35. The fourth-order valence-corrected chi connectivity index (χ4v) is 6.80. The topological polar surface area (TPSA) is 128 Å². The predicted molar refractivity (Wildman–Crippen MR) is 177 cm³/mol. The summed E-state index contributed by atoms with van der Waals surface area (Å²) in [6.07, 6.45) is 6.26. The Hall–Kier alpha value is -4.84. The number of fused-ring (bicyclic) bond motifs is 3. The van der Waals surface area contributed by atoms with Crippen LogP contribution in [0.5, 0.6) is 5.75 Å². The molecule has 47 heavy (non-hydrogen) atoms. The number of amides is 2. The minimum Gasteiger partial charge on any atom is -0.494 e. The van der Waals surface area contributed by atoms with Crippen LogP contribution in [0.3, 0.4) is 0 Å². The number of imidazole rings is 1. The fraction of sp³-hybridized carbons (Fsp3) is 0.400. The second-order valence-corrected chi connectivity index (χ2v) is 12.5. The summed E-state index contributed by atoms with van der Waals surface area (Å²) in [7, 11) is 3.50. The smallest absolute Gasteiger partial charge is 0.252 e. The van der Waals surface area contributed by atoms with Crippen molar-refractivity contribution in [2.75, 3.05) is 20.2 Å². The number of carbonyl (C=O) groups is 2. The van der Waals surface area contributed by atoms with Crippen LogP contribution in [0.15, 0.2) is 48.8 Å². The number of benzene rings is 1. The molecule has 4 aromatic heterocycles. The molecule has 0 saturated carbocycles. The van der Waals surface area contributed by atoms with E-state index in [0.29, 0.717) is 47.7 Å². The number of pyridine rings is 2. The summed E-state index contributed by atoms with van der Waals surface area (Å²) in [6, 6.07) is 10.4. The molecule has 0 unspecified atom stereocenters. The number of hydrogen-bond acceptors (Lipinski definition) is 7. The van der Waals surface area contributed by atoms with Gasteiger partial charge in [-0.25, -0.2) is 14.4 Å². The molecule has 2 aliphatic rings. The fourth-order valence-electron chi connectivity index (χ4n) is 6.80. The number of aryl methyl sites for hydroxylation is 3. The number of piperidine rings is 1. The normalized spacial score (nSPS) is 20.5. The number of nitrogens with one attached hydrogen (secondary N) is 3. The van der Waals surface area contributed by atoms with Gasteiger partial charge in [0.25, 0.3) is 11.8 Å². The highest BCUT2D eigenvalue weighted by molar-refractivity contribution is 6.00. The van der Waals surface area contributed by atoms with Crippen LogP contribution in [0.1, 0.15) is 70.6 Å². The molecule has 1 aromatic carbocycles. The highest BCUT2D eigenvalue weighted by atomic mass is 19.1. The second-order valence-electron chi connectivity index (χ2n) is 12.5. The Bertz CT molecular complexity index is 1980. The first-order chi connectivity index (χ1) is 22.8. The van der Waals surface area contributed by atoms with Gasteiger partial charge in [0, 0.05) is 49.0 Å². The Labute approximate surface area is 271 Å². The molecule has 0 aliphatic carbocycles. The summed E-state index contributed by atoms with van der Waals surface area (Å²) in [4.78, 5) is 40.9. The lowest BCUT2D eigenvalue weighted by Crippen LogP contribution is -2.52. The summed E-state index contributed by atoms with van der Waals surface area (Å²) in [5.74, 6) is 0.710. The zero-order valence-corrected chi connectivity index (χ0v) is 26.8. The van der Waals surface area contributed by atoms with Crippen LogP contribution in [0, 0.1) is 0 Å². The van der Waals surface area contributed by atoms with E-state index in [1.165, 1.54) is 0 Å². The zero-order valence-electron chi connectivity index (χ0n) is 26.8. The Morgan fingerprint density at radius 1 is 1.13 bits per heavy atom. The number of ether oxygens (including phenoxy) is 1. The average molecular weight is 639 g/mol. The first-order valence-electron chi connectivity index (χ1n) is 16.3. The minimum atomic E-state index is -1.10. The summed E-state index contributed by atoms with van der Waals surface area (Å²) in [5, 5.41) is 10.1. The van der Waals surface area contributed by atoms with Gasteiger partial charge in [0.15, 0.2) is 5.82 Å². The van der Waals surface area contributed by atoms with Crippen LogP contribution >= 0.6 is 0 Å². The molecule has 6 heterocycles. The van der Waals surface area contributed by atoms with Crippen molar-refractivity contribution in [2.24, 2.45) is 7.05 Å². The Kier molecular flexibility index (Phi) is 8.35. The molecule has 1 saturated heterocycles. The molecule has 2 bridgehead atoms. The van der Waals surface area contributed by atoms with E-state index >= 15 is 0 Å². The number of carbonyl (C=O) groups excluding carboxylic acids is 2. The van der Waals surface area contributed by atoms with Crippen molar-refractivity contribution < 1.29 is 18.7 Å². The summed E-state index contributed by atoms with van der Waals surface area (Å²) < 4.78 is 24.4. The van der Waals surface area contributed by atoms with Crippen LogP contribution in [-0.2, 0) is 20.0 Å². The van der Waals surface area contributed by atoms with E-state index in [4.69, 9.17) is 14.7 Å². The zero-order chi connectivity index (χ0) is 32.7. The lowest BCUT2D eigenvalue weighted by atomic mass is 10.0. The Morgan fingerprint density at radius 3 is 2.83 bits per heavy atom. The number of aromatic nitrogens is 5. The maximum Gasteiger partial charge on any atom is 0.252 e. The lowest BCUT2D eigenvalue weighted by Gasteiger charge is -2.27. The van der Waals surface area contributed by atoms with Crippen molar-refractivity contribution in [1.82, 2.24) is 40.0 Å². The average Bonchev–Trinajstić information content (AvgIpc) is 3.61. The minimum absolute atomic E-state index is 0.133. The van der Waals surface area contributed by atoms with Gasteiger partial charge in [0.05, 0.1) is 36.1 Å². The second kappa shape index (κ2) is 12.7. The largest absolute Gasteiger partial charge is 0.494 e. The van der Waals surface area contributed by atoms with E-state index in [2.05, 4.69) is 31.6 Å².